The Morgan fingerprint density at radius 1 is 1.20 bits per heavy atom. The number of nitrogens with one attached hydrogen (secondary N) is 2. The minimum Gasteiger partial charge on any atom is -0.478 e. The van der Waals surface area contributed by atoms with E-state index in [0.29, 0.717) is 5.95 Å². The highest BCUT2D eigenvalue weighted by atomic mass is 16.4. The maximum absolute atomic E-state index is 10.8. The predicted molar refractivity (Wildman–Crippen MR) is 77.5 cm³/mol. The van der Waals surface area contributed by atoms with Crippen molar-refractivity contribution in [2.24, 2.45) is 0 Å². The van der Waals surface area contributed by atoms with Crippen molar-refractivity contribution in [1.29, 1.82) is 0 Å². The maximum Gasteiger partial charge on any atom is 0.335 e. The summed E-state index contributed by atoms with van der Waals surface area (Å²) in [6.45, 7) is 2.03. The molecule has 1 aromatic heterocycles. The van der Waals surface area contributed by atoms with Crippen molar-refractivity contribution in [1.82, 2.24) is 9.97 Å². The Morgan fingerprint density at radius 3 is 2.65 bits per heavy atom. The first-order valence-electron chi connectivity index (χ1n) is 6.18. The molecule has 3 N–H and O–H groups in total. The van der Waals surface area contributed by atoms with Crippen LogP contribution in [0, 0.1) is 6.92 Å². The van der Waals surface area contributed by atoms with E-state index in [2.05, 4.69) is 15.3 Å². The molecule has 0 bridgehead atoms. The summed E-state index contributed by atoms with van der Waals surface area (Å²) < 4.78 is 0. The first-order valence-corrected chi connectivity index (χ1v) is 6.18. The van der Waals surface area contributed by atoms with Gasteiger partial charge in [-0.1, -0.05) is 6.07 Å². The van der Waals surface area contributed by atoms with Crippen molar-refractivity contribution < 1.29 is 9.90 Å². The third kappa shape index (κ3) is 2.33. The van der Waals surface area contributed by atoms with Gasteiger partial charge in [0.1, 0.15) is 0 Å². The Kier molecular flexibility index (Phi) is 2.87. The number of aromatic carboxylic acids is 1. The molecule has 3 aromatic rings. The molecule has 0 aliphatic rings. The second kappa shape index (κ2) is 4.70. The second-order valence-electron chi connectivity index (χ2n) is 4.61. The highest BCUT2D eigenvalue weighted by molar-refractivity contribution is 5.88. The summed E-state index contributed by atoms with van der Waals surface area (Å²) in [4.78, 5) is 18.4. The average molecular weight is 267 g/mol. The number of carbonyl (C=O) groups is 1. The molecule has 20 heavy (non-hydrogen) atoms. The molecule has 0 unspecified atom stereocenters. The van der Waals surface area contributed by atoms with E-state index in [-0.39, 0.29) is 5.56 Å². The number of aromatic nitrogens is 2. The summed E-state index contributed by atoms with van der Waals surface area (Å²) in [5.41, 5.74) is 4.06. The van der Waals surface area contributed by atoms with Gasteiger partial charge in [0, 0.05) is 5.69 Å². The van der Waals surface area contributed by atoms with Gasteiger partial charge in [-0.15, -0.1) is 0 Å². The van der Waals surface area contributed by atoms with Gasteiger partial charge in [-0.2, -0.15) is 0 Å². The van der Waals surface area contributed by atoms with Crippen molar-refractivity contribution >= 4 is 28.6 Å². The lowest BCUT2D eigenvalue weighted by atomic mass is 10.2. The number of carboxylic acid groups (broad SMARTS) is 1. The fourth-order valence-electron chi connectivity index (χ4n) is 2.02. The van der Waals surface area contributed by atoms with Gasteiger partial charge in [-0.05, 0) is 48.9 Å². The topological polar surface area (TPSA) is 78.0 Å². The van der Waals surface area contributed by atoms with E-state index in [4.69, 9.17) is 5.11 Å². The smallest absolute Gasteiger partial charge is 0.335 e. The SMILES string of the molecule is Cc1ccc2nc(Nc3ccc(C(=O)O)cc3)[nH]c2c1. The maximum atomic E-state index is 10.8. The van der Waals surface area contributed by atoms with Gasteiger partial charge in [0.25, 0.3) is 0 Å². The monoisotopic (exact) mass is 267 g/mol. The zero-order chi connectivity index (χ0) is 14.1. The van der Waals surface area contributed by atoms with Crippen molar-refractivity contribution in [3.63, 3.8) is 0 Å². The minimum atomic E-state index is -0.934. The van der Waals surface area contributed by atoms with Crippen LogP contribution in [-0.2, 0) is 0 Å². The number of carboxylic acids is 1. The molecule has 3 rings (SSSR count). The summed E-state index contributed by atoms with van der Waals surface area (Å²) in [6, 6.07) is 12.5. The standard InChI is InChI=1S/C15H13N3O2/c1-9-2-7-12-13(8-9)18-15(17-12)16-11-5-3-10(4-6-11)14(19)20/h2-8H,1H3,(H,19,20)(H2,16,17,18). The summed E-state index contributed by atoms with van der Waals surface area (Å²) in [5, 5.41) is 12.0. The van der Waals surface area contributed by atoms with E-state index >= 15 is 0 Å². The van der Waals surface area contributed by atoms with Gasteiger partial charge in [-0.25, -0.2) is 9.78 Å². The zero-order valence-corrected chi connectivity index (χ0v) is 10.8. The fourth-order valence-corrected chi connectivity index (χ4v) is 2.02. The molecule has 0 fully saturated rings. The molecule has 2 aromatic carbocycles. The number of aromatic amines is 1. The molecule has 0 amide bonds. The minimum absolute atomic E-state index is 0.260. The first kappa shape index (κ1) is 12.2. The number of rotatable bonds is 3. The van der Waals surface area contributed by atoms with Crippen LogP contribution in [0.5, 0.6) is 0 Å². The number of imidazole rings is 1. The quantitative estimate of drug-likeness (QED) is 0.680. The van der Waals surface area contributed by atoms with Gasteiger partial charge >= 0.3 is 5.97 Å². The number of hydrogen-bond donors (Lipinski definition) is 3. The second-order valence-corrected chi connectivity index (χ2v) is 4.61. The predicted octanol–water partition coefficient (Wildman–Crippen LogP) is 3.31. The molecule has 5 heteroatoms. The van der Waals surface area contributed by atoms with Crippen molar-refractivity contribution in [3.8, 4) is 0 Å². The Hall–Kier alpha value is -2.82. The van der Waals surface area contributed by atoms with E-state index in [1.54, 1.807) is 24.3 Å². The van der Waals surface area contributed by atoms with Crippen LogP contribution in [0.3, 0.4) is 0 Å². The highest BCUT2D eigenvalue weighted by Crippen LogP contribution is 2.19. The zero-order valence-electron chi connectivity index (χ0n) is 10.8. The van der Waals surface area contributed by atoms with Crippen molar-refractivity contribution in [3.05, 3.63) is 53.6 Å². The van der Waals surface area contributed by atoms with E-state index < -0.39 is 5.97 Å². The molecular weight excluding hydrogens is 254 g/mol. The lowest BCUT2D eigenvalue weighted by Crippen LogP contribution is -1.97. The number of nitrogens with zero attached hydrogens (tertiary/aromatic N) is 1. The molecule has 100 valence electrons. The Morgan fingerprint density at radius 2 is 1.95 bits per heavy atom. The Balaban J connectivity index is 1.87. The van der Waals surface area contributed by atoms with E-state index in [9.17, 15) is 4.79 Å². The number of hydrogen-bond acceptors (Lipinski definition) is 3. The molecule has 0 radical (unpaired) electrons. The number of anilines is 2. The highest BCUT2D eigenvalue weighted by Gasteiger charge is 2.05. The number of H-pyrrole nitrogens is 1. The third-order valence-electron chi connectivity index (χ3n) is 3.03. The molecule has 1 heterocycles. The molecule has 0 spiro atoms. The third-order valence-corrected chi connectivity index (χ3v) is 3.03. The molecular formula is C15H13N3O2. The van der Waals surface area contributed by atoms with Crippen LogP contribution in [0.15, 0.2) is 42.5 Å². The summed E-state index contributed by atoms with van der Waals surface area (Å²) >= 11 is 0. The summed E-state index contributed by atoms with van der Waals surface area (Å²) in [5.74, 6) is -0.301. The Labute approximate surface area is 115 Å². The van der Waals surface area contributed by atoms with Crippen molar-refractivity contribution in [2.45, 2.75) is 6.92 Å². The lowest BCUT2D eigenvalue weighted by Gasteiger charge is -2.02. The molecule has 0 saturated heterocycles. The van der Waals surface area contributed by atoms with Crippen LogP contribution < -0.4 is 5.32 Å². The van der Waals surface area contributed by atoms with Gasteiger partial charge < -0.3 is 15.4 Å². The largest absolute Gasteiger partial charge is 0.478 e. The van der Waals surface area contributed by atoms with Gasteiger partial charge in [0.05, 0.1) is 16.6 Å². The van der Waals surface area contributed by atoms with Gasteiger partial charge in [-0.3, -0.25) is 0 Å². The van der Waals surface area contributed by atoms with Crippen LogP contribution in [0.4, 0.5) is 11.6 Å². The van der Waals surface area contributed by atoms with Crippen molar-refractivity contribution in [2.75, 3.05) is 5.32 Å². The summed E-state index contributed by atoms with van der Waals surface area (Å²) in [6.07, 6.45) is 0. The number of benzene rings is 2. The van der Waals surface area contributed by atoms with E-state index in [1.165, 1.54) is 5.56 Å². The number of fused-ring (bicyclic) bond motifs is 1. The molecule has 0 atom stereocenters. The van der Waals surface area contributed by atoms with Crippen LogP contribution in [-0.4, -0.2) is 21.0 Å². The molecule has 5 nitrogen and oxygen atoms in total. The van der Waals surface area contributed by atoms with Gasteiger partial charge in [0.15, 0.2) is 0 Å². The van der Waals surface area contributed by atoms with Crippen LogP contribution in [0.25, 0.3) is 11.0 Å². The van der Waals surface area contributed by atoms with E-state index in [1.807, 2.05) is 25.1 Å². The van der Waals surface area contributed by atoms with Gasteiger partial charge in [0.2, 0.25) is 5.95 Å². The van der Waals surface area contributed by atoms with Crippen LogP contribution >= 0.6 is 0 Å². The molecule has 0 saturated carbocycles. The average Bonchev–Trinajstić information content (AvgIpc) is 2.80. The molecule has 0 aliphatic carbocycles. The normalized spacial score (nSPS) is 10.7. The molecule has 0 aliphatic heterocycles. The number of aryl methyl sites for hydroxylation is 1. The van der Waals surface area contributed by atoms with Crippen LogP contribution in [0.2, 0.25) is 0 Å². The summed E-state index contributed by atoms with van der Waals surface area (Å²) in [7, 11) is 0. The Bertz CT molecular complexity index is 775. The van der Waals surface area contributed by atoms with E-state index in [0.717, 1.165) is 16.7 Å². The van der Waals surface area contributed by atoms with Crippen LogP contribution in [0.1, 0.15) is 15.9 Å². The lowest BCUT2D eigenvalue weighted by molar-refractivity contribution is 0.0697. The fraction of sp³-hybridized carbons (Fsp3) is 0.0667. The first-order chi connectivity index (χ1) is 9.61.